The Kier molecular flexibility index (Phi) is 6.13. The quantitative estimate of drug-likeness (QED) is 0.846. The number of carbonyl (C=O) groups excluding carboxylic acids is 2. The van der Waals surface area contributed by atoms with Crippen molar-refractivity contribution in [3.05, 3.63) is 23.9 Å². The molecule has 6 nitrogen and oxygen atoms in total. The predicted octanol–water partition coefficient (Wildman–Crippen LogP) is 3.30. The summed E-state index contributed by atoms with van der Waals surface area (Å²) in [7, 11) is 0. The Morgan fingerprint density at radius 3 is 2.46 bits per heavy atom. The van der Waals surface area contributed by atoms with E-state index in [2.05, 4.69) is 10.3 Å². The van der Waals surface area contributed by atoms with Crippen molar-refractivity contribution in [3.8, 4) is 0 Å². The van der Waals surface area contributed by atoms with Gasteiger partial charge in [0.2, 0.25) is 5.91 Å². The van der Waals surface area contributed by atoms with Crippen LogP contribution in [0.25, 0.3) is 0 Å². The molecule has 28 heavy (non-hydrogen) atoms. The van der Waals surface area contributed by atoms with Crippen molar-refractivity contribution in [1.29, 1.82) is 0 Å². The van der Waals surface area contributed by atoms with E-state index >= 15 is 0 Å². The average molecular weight is 385 g/mol. The molecule has 1 aromatic rings. The van der Waals surface area contributed by atoms with Gasteiger partial charge >= 0.3 is 0 Å². The van der Waals surface area contributed by atoms with Gasteiger partial charge in [-0.1, -0.05) is 19.3 Å². The van der Waals surface area contributed by atoms with Gasteiger partial charge < -0.3 is 15.1 Å². The summed E-state index contributed by atoms with van der Waals surface area (Å²) in [5.74, 6) is 1.77. The summed E-state index contributed by atoms with van der Waals surface area (Å²) in [6.07, 6.45) is 11.7. The molecule has 0 bridgehead atoms. The molecule has 4 rings (SSSR count). The summed E-state index contributed by atoms with van der Waals surface area (Å²) in [6, 6.07) is 4.35. The first-order valence-corrected chi connectivity index (χ1v) is 11.0. The number of likely N-dealkylation sites (tertiary alicyclic amines) is 2. The van der Waals surface area contributed by atoms with E-state index in [9.17, 15) is 9.59 Å². The molecule has 3 heterocycles. The molecule has 1 saturated carbocycles. The van der Waals surface area contributed by atoms with Crippen LogP contribution < -0.4 is 5.32 Å². The van der Waals surface area contributed by atoms with Crippen LogP contribution in [0.5, 0.6) is 0 Å². The predicted molar refractivity (Wildman–Crippen MR) is 109 cm³/mol. The van der Waals surface area contributed by atoms with Gasteiger partial charge in [0, 0.05) is 44.8 Å². The van der Waals surface area contributed by atoms with E-state index in [1.54, 1.807) is 6.20 Å². The molecule has 2 amide bonds. The lowest BCUT2D eigenvalue weighted by molar-refractivity contribution is -0.128. The maximum absolute atomic E-state index is 12.8. The number of pyridine rings is 1. The number of aromatic nitrogens is 1. The van der Waals surface area contributed by atoms with E-state index in [1.165, 1.54) is 32.1 Å². The van der Waals surface area contributed by atoms with Crippen molar-refractivity contribution in [2.45, 2.75) is 63.8 Å². The largest absolute Gasteiger partial charge is 0.367 e. The van der Waals surface area contributed by atoms with E-state index in [4.69, 9.17) is 0 Å². The Balaban J connectivity index is 1.26. The fourth-order valence-corrected chi connectivity index (χ4v) is 4.77. The molecule has 2 saturated heterocycles. The number of piperidine rings is 1. The van der Waals surface area contributed by atoms with Crippen molar-refractivity contribution in [1.82, 2.24) is 14.8 Å². The normalized spacial score (nSPS) is 21.9. The third-order valence-corrected chi connectivity index (χ3v) is 6.52. The van der Waals surface area contributed by atoms with Gasteiger partial charge in [0.15, 0.2) is 0 Å². The summed E-state index contributed by atoms with van der Waals surface area (Å²) in [5.41, 5.74) is 0.669. The minimum atomic E-state index is 0.0763. The summed E-state index contributed by atoms with van der Waals surface area (Å²) >= 11 is 0. The van der Waals surface area contributed by atoms with E-state index in [-0.39, 0.29) is 5.91 Å². The Labute approximate surface area is 167 Å². The molecular weight excluding hydrogens is 352 g/mol. The third-order valence-electron chi connectivity index (χ3n) is 6.52. The highest BCUT2D eigenvalue weighted by Gasteiger charge is 2.28. The first-order valence-electron chi connectivity index (χ1n) is 11.0. The van der Waals surface area contributed by atoms with E-state index < -0.39 is 0 Å². The standard InChI is InChI=1S/C22H32N4O2/c27-21-7-4-12-26(21)16-17-10-13-25(14-11-17)22(28)18-8-9-20(23-15-18)24-19-5-2-1-3-6-19/h8-9,15,17,19H,1-7,10-14,16H2,(H,23,24). The van der Waals surface area contributed by atoms with E-state index in [0.717, 1.165) is 51.3 Å². The van der Waals surface area contributed by atoms with Crippen molar-refractivity contribution >= 4 is 17.6 Å². The van der Waals surface area contributed by atoms with Crippen LogP contribution in [0.2, 0.25) is 0 Å². The molecule has 1 aromatic heterocycles. The number of carbonyl (C=O) groups is 2. The second kappa shape index (κ2) is 8.93. The highest BCUT2D eigenvalue weighted by molar-refractivity contribution is 5.94. The van der Waals surface area contributed by atoms with Crippen LogP contribution in [0.15, 0.2) is 18.3 Å². The van der Waals surface area contributed by atoms with Crippen molar-refractivity contribution in [2.75, 3.05) is 31.5 Å². The topological polar surface area (TPSA) is 65.5 Å². The molecule has 0 aromatic carbocycles. The second-order valence-electron chi connectivity index (χ2n) is 8.59. The third kappa shape index (κ3) is 4.65. The highest BCUT2D eigenvalue weighted by Crippen LogP contribution is 2.23. The van der Waals surface area contributed by atoms with E-state index in [0.29, 0.717) is 29.9 Å². The smallest absolute Gasteiger partial charge is 0.255 e. The zero-order valence-electron chi connectivity index (χ0n) is 16.7. The lowest BCUT2D eigenvalue weighted by Crippen LogP contribution is -2.41. The highest BCUT2D eigenvalue weighted by atomic mass is 16.2. The van der Waals surface area contributed by atoms with Crippen LogP contribution in [0.1, 0.15) is 68.1 Å². The Hall–Kier alpha value is -2.11. The number of hydrogen-bond donors (Lipinski definition) is 1. The summed E-state index contributed by atoms with van der Waals surface area (Å²) in [4.78, 5) is 33.0. The molecule has 152 valence electrons. The number of nitrogens with zero attached hydrogens (tertiary/aromatic N) is 3. The van der Waals surface area contributed by atoms with Crippen molar-refractivity contribution in [2.24, 2.45) is 5.92 Å². The molecule has 2 aliphatic heterocycles. The number of hydrogen-bond acceptors (Lipinski definition) is 4. The SMILES string of the molecule is O=C1CCCN1CC1CCN(C(=O)c2ccc(NC3CCCCC3)nc2)CC1. The number of amides is 2. The Morgan fingerprint density at radius 1 is 1.04 bits per heavy atom. The molecular formula is C22H32N4O2. The minimum Gasteiger partial charge on any atom is -0.367 e. The van der Waals surface area contributed by atoms with Gasteiger partial charge in [0.05, 0.1) is 5.56 Å². The molecule has 0 atom stereocenters. The molecule has 3 fully saturated rings. The average Bonchev–Trinajstić information content (AvgIpc) is 3.14. The molecule has 1 aliphatic carbocycles. The first-order chi connectivity index (χ1) is 13.7. The van der Waals surface area contributed by atoms with Crippen molar-refractivity contribution < 1.29 is 9.59 Å². The molecule has 0 radical (unpaired) electrons. The molecule has 3 aliphatic rings. The monoisotopic (exact) mass is 384 g/mol. The fourth-order valence-electron chi connectivity index (χ4n) is 4.77. The van der Waals surface area contributed by atoms with Gasteiger partial charge in [-0.2, -0.15) is 0 Å². The lowest BCUT2D eigenvalue weighted by Gasteiger charge is -2.34. The Morgan fingerprint density at radius 2 is 1.82 bits per heavy atom. The van der Waals surface area contributed by atoms with Gasteiger partial charge in [-0.25, -0.2) is 4.98 Å². The van der Waals surface area contributed by atoms with Crippen LogP contribution in [0, 0.1) is 5.92 Å². The minimum absolute atomic E-state index is 0.0763. The zero-order chi connectivity index (χ0) is 19.3. The van der Waals surface area contributed by atoms with Crippen LogP contribution in [-0.2, 0) is 4.79 Å². The van der Waals surface area contributed by atoms with Crippen molar-refractivity contribution in [3.63, 3.8) is 0 Å². The van der Waals surface area contributed by atoms with Crippen LogP contribution in [-0.4, -0.2) is 58.8 Å². The number of rotatable bonds is 5. The first kappa shape index (κ1) is 19.2. The van der Waals surface area contributed by atoms with Crippen LogP contribution in [0.4, 0.5) is 5.82 Å². The van der Waals surface area contributed by atoms with Gasteiger partial charge in [-0.05, 0) is 50.2 Å². The molecule has 6 heteroatoms. The summed E-state index contributed by atoms with van der Waals surface area (Å²) in [5, 5.41) is 3.50. The van der Waals surface area contributed by atoms with Crippen LogP contribution in [0.3, 0.4) is 0 Å². The molecule has 1 N–H and O–H groups in total. The van der Waals surface area contributed by atoms with Gasteiger partial charge in [0.25, 0.3) is 5.91 Å². The lowest BCUT2D eigenvalue weighted by atomic mass is 9.95. The van der Waals surface area contributed by atoms with Gasteiger partial charge in [-0.15, -0.1) is 0 Å². The van der Waals surface area contributed by atoms with Crippen LogP contribution >= 0.6 is 0 Å². The number of anilines is 1. The Bertz CT molecular complexity index is 676. The molecule has 0 spiro atoms. The van der Waals surface area contributed by atoms with Gasteiger partial charge in [0.1, 0.15) is 5.82 Å². The summed E-state index contributed by atoms with van der Waals surface area (Å²) in [6.45, 7) is 3.32. The summed E-state index contributed by atoms with van der Waals surface area (Å²) < 4.78 is 0. The fraction of sp³-hybridized carbons (Fsp3) is 0.682. The maximum Gasteiger partial charge on any atom is 0.255 e. The number of nitrogens with one attached hydrogen (secondary N) is 1. The second-order valence-corrected chi connectivity index (χ2v) is 8.59. The van der Waals surface area contributed by atoms with Gasteiger partial charge in [-0.3, -0.25) is 9.59 Å². The zero-order valence-corrected chi connectivity index (χ0v) is 16.7. The molecule has 0 unspecified atom stereocenters. The van der Waals surface area contributed by atoms with E-state index in [1.807, 2.05) is 21.9 Å². The maximum atomic E-state index is 12.8.